The predicted octanol–water partition coefficient (Wildman–Crippen LogP) is 1.33. The van der Waals surface area contributed by atoms with E-state index in [4.69, 9.17) is 5.73 Å². The first-order chi connectivity index (χ1) is 7.04. The van der Waals surface area contributed by atoms with Crippen LogP contribution in [0.2, 0.25) is 0 Å². The molecule has 3 N–H and O–H groups in total. The van der Waals surface area contributed by atoms with E-state index < -0.39 is 5.54 Å². The van der Waals surface area contributed by atoms with Crippen molar-refractivity contribution >= 4 is 17.7 Å². The van der Waals surface area contributed by atoms with Crippen LogP contribution in [0.5, 0.6) is 0 Å². The predicted molar refractivity (Wildman–Crippen MR) is 63.8 cm³/mol. The van der Waals surface area contributed by atoms with Crippen LogP contribution in [-0.2, 0) is 10.3 Å². The summed E-state index contributed by atoms with van der Waals surface area (Å²) in [6, 6.07) is 7.82. The van der Waals surface area contributed by atoms with Crippen LogP contribution >= 0.6 is 11.8 Å². The number of nitrogens with two attached hydrogens (primary N) is 1. The van der Waals surface area contributed by atoms with Crippen LogP contribution in [0.25, 0.3) is 0 Å². The number of rotatable bonds is 4. The molecule has 0 aromatic heterocycles. The van der Waals surface area contributed by atoms with Crippen LogP contribution in [0.4, 0.5) is 0 Å². The molecule has 1 atom stereocenters. The minimum Gasteiger partial charge on any atom is -0.368 e. The molecule has 0 saturated heterocycles. The molecular formula is C11H16N2OS. The molecule has 3 nitrogen and oxygen atoms in total. The SMILES string of the molecule is CNC(C)(C(N)=O)c1ccc(SC)cc1. The second-order valence-electron chi connectivity index (χ2n) is 3.47. The van der Waals surface area contributed by atoms with E-state index in [0.29, 0.717) is 0 Å². The first kappa shape index (κ1) is 12.1. The number of hydrogen-bond donors (Lipinski definition) is 2. The van der Waals surface area contributed by atoms with Gasteiger partial charge in [0.25, 0.3) is 0 Å². The van der Waals surface area contributed by atoms with Crippen LogP contribution < -0.4 is 11.1 Å². The number of carbonyl (C=O) groups excluding carboxylic acids is 1. The molecular weight excluding hydrogens is 208 g/mol. The minimum absolute atomic E-state index is 0.373. The first-order valence-electron chi connectivity index (χ1n) is 4.68. The topological polar surface area (TPSA) is 55.1 Å². The van der Waals surface area contributed by atoms with E-state index in [1.807, 2.05) is 30.5 Å². The summed E-state index contributed by atoms with van der Waals surface area (Å²) >= 11 is 1.67. The second-order valence-corrected chi connectivity index (χ2v) is 4.35. The van der Waals surface area contributed by atoms with E-state index in [9.17, 15) is 4.79 Å². The van der Waals surface area contributed by atoms with E-state index in [1.54, 1.807) is 25.7 Å². The lowest BCUT2D eigenvalue weighted by Crippen LogP contribution is -2.48. The maximum Gasteiger partial charge on any atom is 0.242 e. The fourth-order valence-electron chi connectivity index (χ4n) is 1.33. The number of thioether (sulfide) groups is 1. The van der Waals surface area contributed by atoms with Crippen molar-refractivity contribution in [2.24, 2.45) is 5.73 Å². The third-order valence-electron chi connectivity index (χ3n) is 2.66. The van der Waals surface area contributed by atoms with Gasteiger partial charge in [-0.3, -0.25) is 4.79 Å². The van der Waals surface area contributed by atoms with E-state index in [2.05, 4.69) is 5.32 Å². The molecule has 0 radical (unpaired) electrons. The molecule has 0 saturated carbocycles. The van der Waals surface area contributed by atoms with Gasteiger partial charge in [0.15, 0.2) is 0 Å². The standard InChI is InChI=1S/C11H16N2OS/c1-11(13-2,10(12)14)8-4-6-9(15-3)7-5-8/h4-7,13H,1-3H3,(H2,12,14). The Kier molecular flexibility index (Phi) is 3.77. The van der Waals surface area contributed by atoms with Crippen molar-refractivity contribution in [1.29, 1.82) is 0 Å². The Hall–Kier alpha value is -1.00. The zero-order valence-electron chi connectivity index (χ0n) is 9.20. The van der Waals surface area contributed by atoms with Gasteiger partial charge in [0, 0.05) is 4.90 Å². The first-order valence-corrected chi connectivity index (χ1v) is 5.90. The molecule has 0 aliphatic rings. The Labute approximate surface area is 94.4 Å². The molecule has 1 amide bonds. The van der Waals surface area contributed by atoms with Crippen LogP contribution in [0.3, 0.4) is 0 Å². The van der Waals surface area contributed by atoms with Crippen molar-refractivity contribution < 1.29 is 4.79 Å². The van der Waals surface area contributed by atoms with Crippen molar-refractivity contribution in [3.8, 4) is 0 Å². The van der Waals surface area contributed by atoms with Crippen molar-refractivity contribution in [2.45, 2.75) is 17.4 Å². The van der Waals surface area contributed by atoms with Gasteiger partial charge < -0.3 is 11.1 Å². The number of primary amides is 1. The highest BCUT2D eigenvalue weighted by atomic mass is 32.2. The average molecular weight is 224 g/mol. The molecule has 1 rings (SSSR count). The number of hydrogen-bond acceptors (Lipinski definition) is 3. The number of carbonyl (C=O) groups is 1. The summed E-state index contributed by atoms with van der Waals surface area (Å²) < 4.78 is 0. The zero-order valence-corrected chi connectivity index (χ0v) is 10.0. The molecule has 0 aliphatic carbocycles. The summed E-state index contributed by atoms with van der Waals surface area (Å²) in [5, 5.41) is 2.95. The lowest BCUT2D eigenvalue weighted by atomic mass is 9.91. The Balaban J connectivity index is 3.08. The average Bonchev–Trinajstić information content (AvgIpc) is 2.28. The Morgan fingerprint density at radius 3 is 2.27 bits per heavy atom. The van der Waals surface area contributed by atoms with Gasteiger partial charge in [-0.2, -0.15) is 0 Å². The smallest absolute Gasteiger partial charge is 0.242 e. The van der Waals surface area contributed by atoms with E-state index >= 15 is 0 Å². The van der Waals surface area contributed by atoms with Crippen molar-refractivity contribution in [3.63, 3.8) is 0 Å². The van der Waals surface area contributed by atoms with Gasteiger partial charge in [-0.25, -0.2) is 0 Å². The summed E-state index contributed by atoms with van der Waals surface area (Å²) in [5.41, 5.74) is 5.47. The highest BCUT2D eigenvalue weighted by Gasteiger charge is 2.30. The van der Waals surface area contributed by atoms with Crippen molar-refractivity contribution in [3.05, 3.63) is 29.8 Å². The molecule has 1 aromatic rings. The lowest BCUT2D eigenvalue weighted by molar-refractivity contribution is -0.123. The Morgan fingerprint density at radius 1 is 1.40 bits per heavy atom. The van der Waals surface area contributed by atoms with Gasteiger partial charge in [-0.1, -0.05) is 12.1 Å². The molecule has 0 aliphatic heterocycles. The fourth-order valence-corrected chi connectivity index (χ4v) is 1.74. The molecule has 82 valence electrons. The third kappa shape index (κ3) is 2.33. The molecule has 0 heterocycles. The molecule has 4 heteroatoms. The summed E-state index contributed by atoms with van der Waals surface area (Å²) in [4.78, 5) is 12.5. The molecule has 1 unspecified atom stereocenters. The van der Waals surface area contributed by atoms with E-state index in [0.717, 1.165) is 5.56 Å². The quantitative estimate of drug-likeness (QED) is 0.759. The molecule has 0 bridgehead atoms. The Morgan fingerprint density at radius 2 is 1.93 bits per heavy atom. The second kappa shape index (κ2) is 4.68. The number of amides is 1. The van der Waals surface area contributed by atoms with Crippen LogP contribution in [0.1, 0.15) is 12.5 Å². The third-order valence-corrected chi connectivity index (χ3v) is 3.40. The molecule has 0 spiro atoms. The Bertz CT molecular complexity index is 350. The molecule has 0 fully saturated rings. The van der Waals surface area contributed by atoms with E-state index in [-0.39, 0.29) is 5.91 Å². The maximum atomic E-state index is 11.4. The van der Waals surface area contributed by atoms with Gasteiger partial charge in [0.1, 0.15) is 5.54 Å². The maximum absolute atomic E-state index is 11.4. The van der Waals surface area contributed by atoms with Gasteiger partial charge in [-0.15, -0.1) is 11.8 Å². The van der Waals surface area contributed by atoms with Crippen LogP contribution in [-0.4, -0.2) is 19.2 Å². The number of likely N-dealkylation sites (N-methyl/N-ethyl adjacent to an activating group) is 1. The van der Waals surface area contributed by atoms with Crippen molar-refractivity contribution in [1.82, 2.24) is 5.32 Å². The number of nitrogens with one attached hydrogen (secondary N) is 1. The summed E-state index contributed by atoms with van der Waals surface area (Å²) in [7, 11) is 1.73. The lowest BCUT2D eigenvalue weighted by Gasteiger charge is -2.26. The summed E-state index contributed by atoms with van der Waals surface area (Å²) in [6.45, 7) is 1.78. The number of benzene rings is 1. The van der Waals surface area contributed by atoms with Gasteiger partial charge in [-0.05, 0) is 37.9 Å². The fraction of sp³-hybridized carbons (Fsp3) is 0.364. The van der Waals surface area contributed by atoms with Crippen LogP contribution in [0.15, 0.2) is 29.2 Å². The van der Waals surface area contributed by atoms with E-state index in [1.165, 1.54) is 4.90 Å². The molecule has 1 aromatic carbocycles. The normalized spacial score (nSPS) is 14.6. The summed E-state index contributed by atoms with van der Waals surface area (Å²) in [5.74, 6) is -0.373. The highest BCUT2D eigenvalue weighted by molar-refractivity contribution is 7.98. The van der Waals surface area contributed by atoms with Crippen LogP contribution in [0, 0.1) is 0 Å². The van der Waals surface area contributed by atoms with Gasteiger partial charge >= 0.3 is 0 Å². The zero-order chi connectivity index (χ0) is 11.5. The largest absolute Gasteiger partial charge is 0.368 e. The van der Waals surface area contributed by atoms with Crippen molar-refractivity contribution in [2.75, 3.05) is 13.3 Å². The summed E-state index contributed by atoms with van der Waals surface area (Å²) in [6.07, 6.45) is 2.01. The molecule has 15 heavy (non-hydrogen) atoms. The monoisotopic (exact) mass is 224 g/mol. The highest BCUT2D eigenvalue weighted by Crippen LogP contribution is 2.23. The van der Waals surface area contributed by atoms with Gasteiger partial charge in [0.2, 0.25) is 5.91 Å². The minimum atomic E-state index is -0.795. The van der Waals surface area contributed by atoms with Gasteiger partial charge in [0.05, 0.1) is 0 Å².